The second-order valence-electron chi connectivity index (χ2n) is 7.46. The Labute approximate surface area is 174 Å². The molecule has 2 aliphatic carbocycles. The Hall–Kier alpha value is -1.38. The molecule has 2 saturated carbocycles. The summed E-state index contributed by atoms with van der Waals surface area (Å²) in [5, 5.41) is -0.435. The fourth-order valence-corrected chi connectivity index (χ4v) is 7.05. The quantitative estimate of drug-likeness (QED) is 0.475. The monoisotopic (exact) mass is 443 g/mol. The van der Waals surface area contributed by atoms with Crippen molar-refractivity contribution >= 4 is 50.8 Å². The summed E-state index contributed by atoms with van der Waals surface area (Å²) >= 11 is 6.82. The molecule has 3 rings (SSSR count). The largest absolute Gasteiger partial charge is 0.303 e. The molecule has 2 fully saturated rings. The molecule has 0 N–H and O–H groups in total. The minimum Gasteiger partial charge on any atom is -0.303 e. The van der Waals surface area contributed by atoms with Crippen molar-refractivity contribution in [1.82, 2.24) is 4.31 Å². The number of carbonyl (C=O) groups is 3. The van der Waals surface area contributed by atoms with E-state index in [2.05, 4.69) is 0 Å². The predicted octanol–water partition coefficient (Wildman–Crippen LogP) is 2.48. The number of thioether (sulfide) groups is 1. The lowest BCUT2D eigenvalue weighted by Gasteiger charge is -2.34. The van der Waals surface area contributed by atoms with Crippen molar-refractivity contribution in [3.05, 3.63) is 29.8 Å². The van der Waals surface area contributed by atoms with Gasteiger partial charge in [0.15, 0.2) is 0 Å². The highest BCUT2D eigenvalue weighted by Crippen LogP contribution is 2.56. The van der Waals surface area contributed by atoms with Crippen LogP contribution in [0.3, 0.4) is 0 Å². The van der Waals surface area contributed by atoms with Crippen LogP contribution in [-0.2, 0) is 24.4 Å². The number of fused-ring (bicyclic) bond motifs is 2. The lowest BCUT2D eigenvalue weighted by atomic mass is 9.79. The molecule has 0 radical (unpaired) electrons. The first-order valence-electron chi connectivity index (χ1n) is 9.01. The van der Waals surface area contributed by atoms with Crippen LogP contribution in [0.1, 0.15) is 18.4 Å². The molecular formula is C19H22ClNO5S2. The molecule has 0 saturated heterocycles. The predicted molar refractivity (Wildman–Crippen MR) is 107 cm³/mol. The summed E-state index contributed by atoms with van der Waals surface area (Å²) in [4.78, 5) is 36.0. The third-order valence-electron chi connectivity index (χ3n) is 5.85. The number of aldehydes is 1. The zero-order chi connectivity index (χ0) is 20.6. The van der Waals surface area contributed by atoms with Crippen molar-refractivity contribution in [3.63, 3.8) is 0 Å². The molecule has 0 spiro atoms. The molecule has 0 aliphatic heterocycles. The number of benzene rings is 1. The van der Waals surface area contributed by atoms with Crippen LogP contribution in [0, 0.1) is 30.6 Å². The van der Waals surface area contributed by atoms with Crippen LogP contribution >= 0.6 is 23.4 Å². The van der Waals surface area contributed by atoms with Crippen molar-refractivity contribution in [2.75, 3.05) is 12.8 Å². The van der Waals surface area contributed by atoms with E-state index in [0.717, 1.165) is 22.6 Å². The van der Waals surface area contributed by atoms with Gasteiger partial charge in [0, 0.05) is 18.2 Å². The molecule has 0 aromatic heterocycles. The minimum absolute atomic E-state index is 0.0216. The fourth-order valence-electron chi connectivity index (χ4n) is 4.45. The summed E-state index contributed by atoms with van der Waals surface area (Å²) in [7, 11) is -2.75. The van der Waals surface area contributed by atoms with E-state index in [9.17, 15) is 22.8 Å². The van der Waals surface area contributed by atoms with E-state index in [1.54, 1.807) is 12.1 Å². The maximum absolute atomic E-state index is 13.2. The number of hydrogen-bond acceptors (Lipinski definition) is 6. The summed E-state index contributed by atoms with van der Waals surface area (Å²) < 4.78 is 26.5. The number of halogens is 1. The molecule has 1 amide bonds. The Kier molecular flexibility index (Phi) is 6.22. The number of hydrogen-bond donors (Lipinski definition) is 0. The molecule has 28 heavy (non-hydrogen) atoms. The van der Waals surface area contributed by atoms with Gasteiger partial charge in [-0.1, -0.05) is 17.7 Å². The Balaban J connectivity index is 1.83. The van der Waals surface area contributed by atoms with Crippen molar-refractivity contribution in [1.29, 1.82) is 0 Å². The smallest absolute Gasteiger partial charge is 0.266 e. The van der Waals surface area contributed by atoms with Crippen LogP contribution in [0.15, 0.2) is 29.2 Å². The van der Waals surface area contributed by atoms with Gasteiger partial charge in [0.1, 0.15) is 6.29 Å². The zero-order valence-corrected chi connectivity index (χ0v) is 18.0. The minimum atomic E-state index is -4.00. The van der Waals surface area contributed by atoms with Crippen LogP contribution in [0.4, 0.5) is 0 Å². The van der Waals surface area contributed by atoms with Crippen LogP contribution in [0.2, 0.25) is 0 Å². The van der Waals surface area contributed by atoms with Crippen LogP contribution in [0.5, 0.6) is 0 Å². The van der Waals surface area contributed by atoms with Crippen molar-refractivity contribution in [3.8, 4) is 0 Å². The molecule has 9 heteroatoms. The summed E-state index contributed by atoms with van der Waals surface area (Å²) in [6, 6.07) is 6.29. The van der Waals surface area contributed by atoms with Gasteiger partial charge in [0.25, 0.3) is 10.0 Å². The van der Waals surface area contributed by atoms with Gasteiger partial charge < -0.3 is 4.79 Å². The molecule has 0 heterocycles. The van der Waals surface area contributed by atoms with Crippen LogP contribution < -0.4 is 0 Å². The van der Waals surface area contributed by atoms with E-state index in [0.29, 0.717) is 6.42 Å². The van der Waals surface area contributed by atoms with Gasteiger partial charge >= 0.3 is 0 Å². The zero-order valence-electron chi connectivity index (χ0n) is 15.6. The topological polar surface area (TPSA) is 88.6 Å². The maximum atomic E-state index is 13.2. The number of nitrogens with zero attached hydrogens (tertiary/aromatic N) is 1. The van der Waals surface area contributed by atoms with E-state index < -0.39 is 33.0 Å². The lowest BCUT2D eigenvalue weighted by molar-refractivity contribution is -0.135. The summed E-state index contributed by atoms with van der Waals surface area (Å²) in [6.45, 7) is 1.85. The average Bonchev–Trinajstić information content (AvgIpc) is 3.23. The van der Waals surface area contributed by atoms with Gasteiger partial charge in [-0.05, 0) is 55.3 Å². The number of carbonyl (C=O) groups excluding carboxylic acids is 3. The summed E-state index contributed by atoms with van der Waals surface area (Å²) in [5.41, 5.74) is 0.913. The molecular weight excluding hydrogens is 422 g/mol. The number of rotatable bonds is 7. The van der Waals surface area contributed by atoms with Crippen LogP contribution in [0.25, 0.3) is 0 Å². The van der Waals surface area contributed by atoms with E-state index in [-0.39, 0.29) is 27.7 Å². The molecule has 5 atom stereocenters. The van der Waals surface area contributed by atoms with E-state index in [4.69, 9.17) is 11.6 Å². The fraction of sp³-hybridized carbons (Fsp3) is 0.526. The Morgan fingerprint density at radius 1 is 1.25 bits per heavy atom. The summed E-state index contributed by atoms with van der Waals surface area (Å²) in [6.07, 6.45) is 2.21. The molecule has 5 unspecified atom stereocenters. The molecule has 2 aliphatic rings. The summed E-state index contributed by atoms with van der Waals surface area (Å²) in [5.74, 6) is -1.70. The SMILES string of the molecule is Cc1ccc(S(=O)(=O)N(C)C(=O)C2C(C=O)C3CC(SCC(=O)Cl)C2C3)cc1. The highest BCUT2D eigenvalue weighted by atomic mass is 35.5. The molecule has 152 valence electrons. The standard InChI is InChI=1S/C19H22ClNO5S2/c1-11-3-5-13(6-4-11)28(25,26)21(2)19(24)18-14-7-12(15(18)9-22)8-16(14)27-10-17(20)23/h3-6,9,12,14-16,18H,7-8,10H2,1-2H3. The second kappa shape index (κ2) is 8.16. The van der Waals surface area contributed by atoms with E-state index in [1.807, 2.05) is 6.92 Å². The van der Waals surface area contributed by atoms with Gasteiger partial charge in [-0.2, -0.15) is 0 Å². The molecule has 1 aromatic rings. The van der Waals surface area contributed by atoms with E-state index in [1.165, 1.54) is 30.9 Å². The highest BCUT2D eigenvalue weighted by molar-refractivity contribution is 8.00. The third-order valence-corrected chi connectivity index (χ3v) is 9.31. The highest BCUT2D eigenvalue weighted by Gasteiger charge is 2.56. The van der Waals surface area contributed by atoms with Crippen molar-refractivity contribution < 1.29 is 22.8 Å². The van der Waals surface area contributed by atoms with Crippen LogP contribution in [-0.4, -0.2) is 48.2 Å². The Morgan fingerprint density at radius 3 is 2.46 bits per heavy atom. The average molecular weight is 444 g/mol. The third kappa shape index (κ3) is 3.86. The Bertz CT molecular complexity index is 886. The normalized spacial score (nSPS) is 28.9. The van der Waals surface area contributed by atoms with Crippen molar-refractivity contribution in [2.24, 2.45) is 23.7 Å². The first kappa shape index (κ1) is 21.3. The maximum Gasteiger partial charge on any atom is 0.266 e. The number of aryl methyl sites for hydroxylation is 1. The first-order valence-corrected chi connectivity index (χ1v) is 11.9. The molecule has 1 aromatic carbocycles. The second-order valence-corrected chi connectivity index (χ2v) is 11.1. The number of sulfonamides is 1. The first-order chi connectivity index (χ1) is 13.2. The van der Waals surface area contributed by atoms with Gasteiger partial charge in [0.2, 0.25) is 11.1 Å². The van der Waals surface area contributed by atoms with Gasteiger partial charge in [-0.25, -0.2) is 12.7 Å². The molecule has 6 nitrogen and oxygen atoms in total. The number of amides is 1. The van der Waals surface area contributed by atoms with Gasteiger partial charge in [-0.15, -0.1) is 11.8 Å². The van der Waals surface area contributed by atoms with Gasteiger partial charge in [-0.3, -0.25) is 9.59 Å². The van der Waals surface area contributed by atoms with Gasteiger partial charge in [0.05, 0.1) is 16.6 Å². The lowest BCUT2D eigenvalue weighted by Crippen LogP contribution is -2.45. The molecule has 2 bridgehead atoms. The Morgan fingerprint density at radius 2 is 1.89 bits per heavy atom. The van der Waals surface area contributed by atoms with Crippen molar-refractivity contribution in [2.45, 2.75) is 29.9 Å². The van der Waals surface area contributed by atoms with E-state index >= 15 is 0 Å².